The molecule has 26 heavy (non-hydrogen) atoms. The monoisotopic (exact) mass is 357 g/mol. The highest BCUT2D eigenvalue weighted by Gasteiger charge is 2.08. The van der Waals surface area contributed by atoms with E-state index in [2.05, 4.69) is 12.0 Å². The van der Waals surface area contributed by atoms with E-state index in [0.717, 1.165) is 29.7 Å². The molecule has 0 saturated heterocycles. The van der Waals surface area contributed by atoms with Gasteiger partial charge in [0.05, 0.1) is 19.9 Å². The van der Waals surface area contributed by atoms with Crippen LogP contribution in [0.4, 0.5) is 0 Å². The second-order valence-corrected chi connectivity index (χ2v) is 6.16. The normalized spacial score (nSPS) is 10.9. The molecule has 0 saturated carbocycles. The Balaban J connectivity index is 1.98. The van der Waals surface area contributed by atoms with Crippen LogP contribution in [-0.2, 0) is 18.4 Å². The van der Waals surface area contributed by atoms with E-state index in [9.17, 15) is 4.79 Å². The zero-order valence-corrected chi connectivity index (χ0v) is 15.9. The van der Waals surface area contributed by atoms with Gasteiger partial charge in [0.25, 0.3) is 0 Å². The molecular weight excluding hydrogens is 330 g/mol. The molecule has 1 aromatic heterocycles. The summed E-state index contributed by atoms with van der Waals surface area (Å²) in [6, 6.07) is 5.65. The van der Waals surface area contributed by atoms with E-state index in [0.29, 0.717) is 18.9 Å². The van der Waals surface area contributed by atoms with E-state index >= 15 is 0 Å². The van der Waals surface area contributed by atoms with Crippen LogP contribution in [0.15, 0.2) is 36.7 Å². The van der Waals surface area contributed by atoms with Gasteiger partial charge in [-0.2, -0.15) is 5.10 Å². The van der Waals surface area contributed by atoms with Gasteiger partial charge in [0.1, 0.15) is 0 Å². The number of ether oxygens (including phenoxy) is 2. The number of rotatable bonds is 9. The first kappa shape index (κ1) is 19.6. The summed E-state index contributed by atoms with van der Waals surface area (Å²) in [7, 11) is 5.24. The van der Waals surface area contributed by atoms with Crippen LogP contribution >= 0.6 is 0 Å². The summed E-state index contributed by atoms with van der Waals surface area (Å²) in [5.74, 6) is 1.31. The van der Waals surface area contributed by atoms with Crippen molar-refractivity contribution in [2.24, 2.45) is 7.05 Å². The summed E-state index contributed by atoms with van der Waals surface area (Å²) < 4.78 is 12.8. The van der Waals surface area contributed by atoms with Crippen molar-refractivity contribution in [2.75, 3.05) is 20.8 Å². The Bertz CT molecular complexity index is 753. The van der Waals surface area contributed by atoms with E-state index in [4.69, 9.17) is 9.47 Å². The Labute approximate surface area is 155 Å². The fourth-order valence-corrected chi connectivity index (χ4v) is 2.43. The summed E-state index contributed by atoms with van der Waals surface area (Å²) in [6.45, 7) is 3.31. The van der Waals surface area contributed by atoms with Crippen molar-refractivity contribution in [3.05, 3.63) is 47.8 Å². The van der Waals surface area contributed by atoms with Gasteiger partial charge in [-0.05, 0) is 30.2 Å². The zero-order chi connectivity index (χ0) is 18.9. The average Bonchev–Trinajstić information content (AvgIpc) is 3.05. The van der Waals surface area contributed by atoms with Gasteiger partial charge in [-0.25, -0.2) is 0 Å². The molecular formula is C20H27N3O3. The number of likely N-dealkylation sites (N-methyl/N-ethyl adjacent to an activating group) is 1. The third-order valence-electron chi connectivity index (χ3n) is 3.92. The summed E-state index contributed by atoms with van der Waals surface area (Å²) in [6.07, 6.45) is 9.08. The lowest BCUT2D eigenvalue weighted by atomic mass is 10.2. The number of methoxy groups -OCH3 is 1. The Hall–Kier alpha value is -2.76. The molecule has 1 heterocycles. The first-order chi connectivity index (χ1) is 12.5. The third-order valence-corrected chi connectivity index (χ3v) is 3.92. The minimum atomic E-state index is -0.0731. The van der Waals surface area contributed by atoms with Crippen LogP contribution in [0.5, 0.6) is 11.5 Å². The van der Waals surface area contributed by atoms with Crippen LogP contribution in [0.2, 0.25) is 0 Å². The maximum atomic E-state index is 12.3. The lowest BCUT2D eigenvalue weighted by molar-refractivity contribution is -0.125. The number of nitrogens with zero attached hydrogens (tertiary/aromatic N) is 3. The number of benzene rings is 1. The molecule has 0 aliphatic heterocycles. The fraction of sp³-hybridized carbons (Fsp3) is 0.400. The lowest BCUT2D eigenvalue weighted by Crippen LogP contribution is -2.23. The minimum absolute atomic E-state index is 0.0731. The van der Waals surface area contributed by atoms with Gasteiger partial charge in [-0.1, -0.05) is 19.4 Å². The van der Waals surface area contributed by atoms with E-state index in [1.165, 1.54) is 0 Å². The predicted molar refractivity (Wildman–Crippen MR) is 102 cm³/mol. The fourth-order valence-electron chi connectivity index (χ4n) is 2.43. The first-order valence-corrected chi connectivity index (χ1v) is 8.75. The van der Waals surface area contributed by atoms with Gasteiger partial charge in [0.2, 0.25) is 5.91 Å². The standard InChI is InChI=1S/C20H27N3O3/c1-5-6-11-26-18-9-7-16(12-19(18)25-4)8-10-20(24)22(2)14-17-13-21-23(3)15-17/h7-10,12-13,15H,5-6,11,14H2,1-4H3/b10-8+. The van der Waals surface area contributed by atoms with Gasteiger partial charge < -0.3 is 14.4 Å². The molecule has 0 N–H and O–H groups in total. The minimum Gasteiger partial charge on any atom is -0.493 e. The Kier molecular flexibility index (Phi) is 7.26. The topological polar surface area (TPSA) is 56.6 Å². The molecule has 0 bridgehead atoms. The summed E-state index contributed by atoms with van der Waals surface area (Å²) in [5.41, 5.74) is 1.87. The molecule has 2 rings (SSSR count). The van der Waals surface area contributed by atoms with Crippen molar-refractivity contribution < 1.29 is 14.3 Å². The number of carbonyl (C=O) groups excluding carboxylic acids is 1. The van der Waals surface area contributed by atoms with Crippen LogP contribution < -0.4 is 9.47 Å². The molecule has 0 radical (unpaired) electrons. The summed E-state index contributed by atoms with van der Waals surface area (Å²) in [5, 5.41) is 4.11. The predicted octanol–water partition coefficient (Wildman–Crippen LogP) is 3.28. The lowest BCUT2D eigenvalue weighted by Gasteiger charge is -2.14. The van der Waals surface area contributed by atoms with E-state index in [1.807, 2.05) is 31.4 Å². The van der Waals surface area contributed by atoms with E-state index < -0.39 is 0 Å². The molecule has 0 aliphatic rings. The van der Waals surface area contributed by atoms with E-state index in [-0.39, 0.29) is 5.91 Å². The van der Waals surface area contributed by atoms with Gasteiger partial charge in [0, 0.05) is 38.5 Å². The molecule has 2 aromatic rings. The highest BCUT2D eigenvalue weighted by molar-refractivity contribution is 5.91. The Morgan fingerprint density at radius 3 is 2.81 bits per heavy atom. The molecule has 0 atom stereocenters. The second kappa shape index (κ2) is 9.65. The van der Waals surface area contributed by atoms with Gasteiger partial charge in [-0.15, -0.1) is 0 Å². The van der Waals surface area contributed by atoms with Gasteiger partial charge >= 0.3 is 0 Å². The number of hydrogen-bond acceptors (Lipinski definition) is 4. The maximum Gasteiger partial charge on any atom is 0.246 e. The quantitative estimate of drug-likeness (QED) is 0.510. The first-order valence-electron chi connectivity index (χ1n) is 8.75. The average molecular weight is 357 g/mol. The molecule has 1 aromatic carbocycles. The SMILES string of the molecule is CCCCOc1ccc(/C=C/C(=O)N(C)Cc2cnn(C)c2)cc1OC. The number of carbonyl (C=O) groups is 1. The van der Waals surface area contributed by atoms with Crippen molar-refractivity contribution in [3.8, 4) is 11.5 Å². The smallest absolute Gasteiger partial charge is 0.246 e. The van der Waals surface area contributed by atoms with Crippen molar-refractivity contribution in [3.63, 3.8) is 0 Å². The molecule has 140 valence electrons. The van der Waals surface area contributed by atoms with Crippen LogP contribution in [0.3, 0.4) is 0 Å². The zero-order valence-electron chi connectivity index (χ0n) is 15.9. The number of aryl methyl sites for hydroxylation is 1. The summed E-state index contributed by atoms with van der Waals surface area (Å²) in [4.78, 5) is 13.9. The molecule has 1 amide bonds. The maximum absolute atomic E-state index is 12.3. The van der Waals surface area contributed by atoms with Crippen molar-refractivity contribution in [2.45, 2.75) is 26.3 Å². The number of unbranched alkanes of at least 4 members (excludes halogenated alkanes) is 1. The van der Waals surface area contributed by atoms with Crippen LogP contribution in [0.25, 0.3) is 6.08 Å². The Morgan fingerprint density at radius 2 is 2.15 bits per heavy atom. The van der Waals surface area contributed by atoms with E-state index in [1.54, 1.807) is 42.1 Å². The third kappa shape index (κ3) is 5.65. The van der Waals surface area contributed by atoms with Crippen molar-refractivity contribution in [1.82, 2.24) is 14.7 Å². The van der Waals surface area contributed by atoms with Gasteiger partial charge in [0.15, 0.2) is 11.5 Å². The molecule has 6 heteroatoms. The molecule has 0 aliphatic carbocycles. The van der Waals surface area contributed by atoms with Crippen molar-refractivity contribution in [1.29, 1.82) is 0 Å². The van der Waals surface area contributed by atoms with Crippen LogP contribution in [-0.4, -0.2) is 41.4 Å². The largest absolute Gasteiger partial charge is 0.493 e. The molecule has 6 nitrogen and oxygen atoms in total. The van der Waals surface area contributed by atoms with Crippen LogP contribution in [0.1, 0.15) is 30.9 Å². The van der Waals surface area contributed by atoms with Crippen molar-refractivity contribution >= 4 is 12.0 Å². The molecule has 0 fully saturated rings. The molecule has 0 spiro atoms. The summed E-state index contributed by atoms with van der Waals surface area (Å²) >= 11 is 0. The Morgan fingerprint density at radius 1 is 1.35 bits per heavy atom. The number of aromatic nitrogens is 2. The second-order valence-electron chi connectivity index (χ2n) is 6.16. The number of hydrogen-bond donors (Lipinski definition) is 0. The van der Waals surface area contributed by atoms with Crippen LogP contribution in [0, 0.1) is 0 Å². The highest BCUT2D eigenvalue weighted by Crippen LogP contribution is 2.28. The highest BCUT2D eigenvalue weighted by atomic mass is 16.5. The number of amides is 1. The molecule has 0 unspecified atom stereocenters. The van der Waals surface area contributed by atoms with Gasteiger partial charge in [-0.3, -0.25) is 9.48 Å².